The van der Waals surface area contributed by atoms with E-state index in [1.54, 1.807) is 16.9 Å². The smallest absolute Gasteiger partial charge is 0.127 e. The summed E-state index contributed by atoms with van der Waals surface area (Å²) in [5, 5.41) is 4.07. The van der Waals surface area contributed by atoms with Crippen molar-refractivity contribution < 1.29 is 0 Å². The van der Waals surface area contributed by atoms with Crippen molar-refractivity contribution in [2.45, 2.75) is 0 Å². The quantitative estimate of drug-likeness (QED) is 0.634. The Morgan fingerprint density at radius 2 is 1.69 bits per heavy atom. The predicted molar refractivity (Wildman–Crippen MR) is 52.4 cm³/mol. The first kappa shape index (κ1) is 7.67. The molecule has 0 unspecified atom stereocenters. The first-order chi connectivity index (χ1) is 6.27. The molecular weight excluding hydrogens is 164 g/mol. The maximum Gasteiger partial charge on any atom is 0.127 e. The summed E-state index contributed by atoms with van der Waals surface area (Å²) in [4.78, 5) is 0. The summed E-state index contributed by atoms with van der Waals surface area (Å²) in [5.74, 6) is 0.616. The van der Waals surface area contributed by atoms with Gasteiger partial charge in [0.05, 0.1) is 11.9 Å². The van der Waals surface area contributed by atoms with Crippen LogP contribution in [-0.4, -0.2) is 9.78 Å². The van der Waals surface area contributed by atoms with Gasteiger partial charge in [-0.25, -0.2) is 4.68 Å². The van der Waals surface area contributed by atoms with Gasteiger partial charge in [-0.2, -0.15) is 5.10 Å². The molecule has 2 rings (SSSR count). The number of nitrogens with two attached hydrogens (primary N) is 2. The molecule has 0 saturated heterocycles. The Kier molecular flexibility index (Phi) is 1.66. The summed E-state index contributed by atoms with van der Waals surface area (Å²) < 4.78 is 1.65. The van der Waals surface area contributed by atoms with Crippen LogP contribution in [0.3, 0.4) is 0 Å². The number of benzene rings is 1. The lowest BCUT2D eigenvalue weighted by atomic mass is 10.3. The zero-order chi connectivity index (χ0) is 9.26. The Bertz CT molecular complexity index is 402. The van der Waals surface area contributed by atoms with E-state index in [1.165, 1.54) is 0 Å². The molecule has 0 aliphatic heterocycles. The van der Waals surface area contributed by atoms with Crippen LogP contribution in [0.5, 0.6) is 0 Å². The maximum absolute atomic E-state index is 5.68. The normalized spacial score (nSPS) is 10.2. The average molecular weight is 174 g/mol. The summed E-state index contributed by atoms with van der Waals surface area (Å²) in [5.41, 5.74) is 12.9. The van der Waals surface area contributed by atoms with E-state index in [2.05, 4.69) is 5.10 Å². The zero-order valence-corrected chi connectivity index (χ0v) is 7.01. The molecule has 66 valence electrons. The Morgan fingerprint density at radius 3 is 2.23 bits per heavy atom. The molecule has 0 aliphatic carbocycles. The van der Waals surface area contributed by atoms with Gasteiger partial charge in [0.25, 0.3) is 0 Å². The third-order valence-corrected chi connectivity index (χ3v) is 1.81. The van der Waals surface area contributed by atoms with Gasteiger partial charge >= 0.3 is 0 Å². The summed E-state index contributed by atoms with van der Waals surface area (Å²) in [6.07, 6.45) is 1.66. The number of rotatable bonds is 1. The summed E-state index contributed by atoms with van der Waals surface area (Å²) >= 11 is 0. The van der Waals surface area contributed by atoms with Crippen LogP contribution in [0, 0.1) is 0 Å². The minimum absolute atomic E-state index is 0.616. The fourth-order valence-electron chi connectivity index (χ4n) is 1.14. The molecule has 2 aromatic rings. The Labute approximate surface area is 75.8 Å². The molecule has 4 nitrogen and oxygen atoms in total. The first-order valence-corrected chi connectivity index (χ1v) is 3.93. The van der Waals surface area contributed by atoms with Crippen molar-refractivity contribution in [3.8, 4) is 5.69 Å². The number of hydrogen-bond donors (Lipinski definition) is 2. The van der Waals surface area contributed by atoms with E-state index in [4.69, 9.17) is 11.5 Å². The van der Waals surface area contributed by atoms with E-state index in [1.807, 2.05) is 24.3 Å². The van der Waals surface area contributed by atoms with E-state index in [0.717, 1.165) is 11.4 Å². The van der Waals surface area contributed by atoms with Crippen molar-refractivity contribution in [2.75, 3.05) is 11.5 Å². The molecule has 13 heavy (non-hydrogen) atoms. The van der Waals surface area contributed by atoms with Crippen molar-refractivity contribution in [1.29, 1.82) is 0 Å². The van der Waals surface area contributed by atoms with Crippen molar-refractivity contribution in [1.82, 2.24) is 9.78 Å². The molecular formula is C9H10N4. The number of nitrogens with zero attached hydrogens (tertiary/aromatic N) is 2. The highest BCUT2D eigenvalue weighted by atomic mass is 15.3. The van der Waals surface area contributed by atoms with E-state index in [9.17, 15) is 0 Å². The Morgan fingerprint density at radius 1 is 1.00 bits per heavy atom. The van der Waals surface area contributed by atoms with E-state index < -0.39 is 0 Å². The van der Waals surface area contributed by atoms with Gasteiger partial charge < -0.3 is 11.5 Å². The fraction of sp³-hybridized carbons (Fsp3) is 0. The minimum Gasteiger partial charge on any atom is -0.399 e. The lowest BCUT2D eigenvalue weighted by molar-refractivity contribution is 0.891. The molecule has 0 fully saturated rings. The van der Waals surface area contributed by atoms with Crippen LogP contribution in [0.2, 0.25) is 0 Å². The number of aromatic nitrogens is 2. The highest BCUT2D eigenvalue weighted by Gasteiger charge is 1.99. The summed E-state index contributed by atoms with van der Waals surface area (Å²) in [6, 6.07) is 9.13. The van der Waals surface area contributed by atoms with Gasteiger partial charge in [0, 0.05) is 11.8 Å². The molecule has 0 bridgehead atoms. The largest absolute Gasteiger partial charge is 0.399 e. The van der Waals surface area contributed by atoms with Gasteiger partial charge in [0.1, 0.15) is 5.82 Å². The predicted octanol–water partition coefficient (Wildman–Crippen LogP) is 1.04. The highest BCUT2D eigenvalue weighted by molar-refractivity contribution is 5.47. The third kappa shape index (κ3) is 1.33. The lowest BCUT2D eigenvalue weighted by Crippen LogP contribution is -2.01. The van der Waals surface area contributed by atoms with Gasteiger partial charge in [-0.15, -0.1) is 0 Å². The molecule has 1 aromatic carbocycles. The molecule has 0 atom stereocenters. The monoisotopic (exact) mass is 174 g/mol. The van der Waals surface area contributed by atoms with Gasteiger partial charge in [-0.05, 0) is 24.3 Å². The van der Waals surface area contributed by atoms with Gasteiger partial charge in [-0.1, -0.05) is 0 Å². The van der Waals surface area contributed by atoms with Gasteiger partial charge in [0.15, 0.2) is 0 Å². The molecule has 4 heteroatoms. The summed E-state index contributed by atoms with van der Waals surface area (Å²) in [6.45, 7) is 0. The van der Waals surface area contributed by atoms with Crippen molar-refractivity contribution in [3.63, 3.8) is 0 Å². The van der Waals surface area contributed by atoms with Gasteiger partial charge in [-0.3, -0.25) is 0 Å². The van der Waals surface area contributed by atoms with Crippen molar-refractivity contribution in [3.05, 3.63) is 36.5 Å². The lowest BCUT2D eigenvalue weighted by Gasteiger charge is -2.03. The van der Waals surface area contributed by atoms with Gasteiger partial charge in [0.2, 0.25) is 0 Å². The third-order valence-electron chi connectivity index (χ3n) is 1.81. The SMILES string of the molecule is Nc1ccc(-n2nccc2N)cc1. The van der Waals surface area contributed by atoms with Crippen molar-refractivity contribution >= 4 is 11.5 Å². The molecule has 0 aliphatic rings. The molecule has 0 amide bonds. The fourth-order valence-corrected chi connectivity index (χ4v) is 1.14. The van der Waals surface area contributed by atoms with Crippen LogP contribution in [0.25, 0.3) is 5.69 Å². The molecule has 0 radical (unpaired) electrons. The van der Waals surface area contributed by atoms with E-state index >= 15 is 0 Å². The second kappa shape index (κ2) is 2.82. The second-order valence-electron chi connectivity index (χ2n) is 2.76. The first-order valence-electron chi connectivity index (χ1n) is 3.93. The van der Waals surface area contributed by atoms with Crippen LogP contribution in [0.15, 0.2) is 36.5 Å². The van der Waals surface area contributed by atoms with Crippen LogP contribution >= 0.6 is 0 Å². The number of hydrogen-bond acceptors (Lipinski definition) is 3. The standard InChI is InChI=1S/C9H10N4/c10-7-1-3-8(4-2-7)13-9(11)5-6-12-13/h1-6H,10-11H2. The number of anilines is 2. The van der Waals surface area contributed by atoms with Crippen LogP contribution in [-0.2, 0) is 0 Å². The second-order valence-corrected chi connectivity index (χ2v) is 2.76. The molecule has 1 heterocycles. The number of nitrogen functional groups attached to an aromatic ring is 2. The Hall–Kier alpha value is -1.97. The zero-order valence-electron chi connectivity index (χ0n) is 7.01. The highest BCUT2D eigenvalue weighted by Crippen LogP contribution is 2.13. The van der Waals surface area contributed by atoms with Crippen molar-refractivity contribution in [2.24, 2.45) is 0 Å². The van der Waals surface area contributed by atoms with Crippen LogP contribution < -0.4 is 11.5 Å². The van der Waals surface area contributed by atoms with Crippen LogP contribution in [0.1, 0.15) is 0 Å². The molecule has 0 spiro atoms. The molecule has 1 aromatic heterocycles. The Balaban J connectivity index is 2.47. The topological polar surface area (TPSA) is 69.9 Å². The maximum atomic E-state index is 5.68. The van der Waals surface area contributed by atoms with E-state index in [0.29, 0.717) is 5.82 Å². The molecule has 4 N–H and O–H groups in total. The van der Waals surface area contributed by atoms with E-state index in [-0.39, 0.29) is 0 Å². The summed E-state index contributed by atoms with van der Waals surface area (Å²) in [7, 11) is 0. The average Bonchev–Trinajstić information content (AvgIpc) is 2.53. The minimum atomic E-state index is 0.616. The van der Waals surface area contributed by atoms with Crippen LogP contribution in [0.4, 0.5) is 11.5 Å². The molecule has 0 saturated carbocycles.